The standard InChI is InChI=1S/C22H33FN2O3S/c1-22(9-10-22)25-13-11-24(12-14-25)18-5-3-17(4-6-18)16-28-21-8-7-19(15-20(21)23)29(2,26)27/h7-8,15,17-18H,3-6,9-14,16H2,1-2H3/t17-,18-. The highest BCUT2D eigenvalue weighted by Gasteiger charge is 2.44. The van der Waals surface area contributed by atoms with Gasteiger partial charge in [0, 0.05) is 44.0 Å². The van der Waals surface area contributed by atoms with Gasteiger partial charge in [0.25, 0.3) is 0 Å². The molecule has 0 spiro atoms. The average Bonchev–Trinajstić information content (AvgIpc) is 3.45. The zero-order chi connectivity index (χ0) is 20.6. The van der Waals surface area contributed by atoms with Gasteiger partial charge in [0.15, 0.2) is 21.4 Å². The molecule has 4 rings (SSSR count). The molecular formula is C22H33FN2O3S. The van der Waals surface area contributed by atoms with Gasteiger partial charge in [-0.1, -0.05) is 0 Å². The van der Waals surface area contributed by atoms with Crippen molar-refractivity contribution in [2.24, 2.45) is 5.92 Å². The van der Waals surface area contributed by atoms with Gasteiger partial charge in [-0.15, -0.1) is 0 Å². The van der Waals surface area contributed by atoms with E-state index in [9.17, 15) is 12.8 Å². The monoisotopic (exact) mass is 424 g/mol. The van der Waals surface area contributed by atoms with Crippen LogP contribution in [0, 0.1) is 11.7 Å². The number of ether oxygens (including phenoxy) is 1. The molecule has 5 nitrogen and oxygen atoms in total. The van der Waals surface area contributed by atoms with Gasteiger partial charge in [-0.05, 0) is 69.6 Å². The van der Waals surface area contributed by atoms with E-state index in [2.05, 4.69) is 16.7 Å². The predicted molar refractivity (Wildman–Crippen MR) is 112 cm³/mol. The van der Waals surface area contributed by atoms with Crippen molar-refractivity contribution in [3.63, 3.8) is 0 Å². The third-order valence-electron chi connectivity index (χ3n) is 7.19. The Bertz CT molecular complexity index is 824. The van der Waals surface area contributed by atoms with E-state index in [4.69, 9.17) is 4.74 Å². The minimum atomic E-state index is -3.41. The van der Waals surface area contributed by atoms with Gasteiger partial charge in [0.2, 0.25) is 0 Å². The van der Waals surface area contributed by atoms with E-state index in [1.807, 2.05) is 0 Å². The zero-order valence-electron chi connectivity index (χ0n) is 17.6. The van der Waals surface area contributed by atoms with Gasteiger partial charge in [0.1, 0.15) is 0 Å². The molecule has 3 fully saturated rings. The van der Waals surface area contributed by atoms with Gasteiger partial charge in [-0.25, -0.2) is 12.8 Å². The Balaban J connectivity index is 1.21. The Morgan fingerprint density at radius 1 is 1.10 bits per heavy atom. The van der Waals surface area contributed by atoms with Crippen molar-refractivity contribution >= 4 is 9.84 Å². The molecule has 1 saturated heterocycles. The molecule has 1 aliphatic heterocycles. The molecule has 0 atom stereocenters. The summed E-state index contributed by atoms with van der Waals surface area (Å²) in [4.78, 5) is 5.33. The Morgan fingerprint density at radius 2 is 1.76 bits per heavy atom. The summed E-state index contributed by atoms with van der Waals surface area (Å²) in [6.07, 6.45) is 8.36. The number of piperazine rings is 1. The normalized spacial score (nSPS) is 28.2. The molecule has 7 heteroatoms. The van der Waals surface area contributed by atoms with Crippen molar-refractivity contribution in [1.82, 2.24) is 9.80 Å². The number of hydrogen-bond acceptors (Lipinski definition) is 5. The molecule has 2 aliphatic carbocycles. The molecule has 1 heterocycles. The molecule has 1 aromatic carbocycles. The van der Waals surface area contributed by atoms with Crippen LogP contribution in [0.4, 0.5) is 4.39 Å². The lowest BCUT2D eigenvalue weighted by atomic mass is 9.85. The van der Waals surface area contributed by atoms with Gasteiger partial charge < -0.3 is 4.74 Å². The van der Waals surface area contributed by atoms with Crippen LogP contribution < -0.4 is 4.74 Å². The lowest BCUT2D eigenvalue weighted by Crippen LogP contribution is -2.54. The summed E-state index contributed by atoms with van der Waals surface area (Å²) in [5.74, 6) is -0.0278. The maximum Gasteiger partial charge on any atom is 0.175 e. The van der Waals surface area contributed by atoms with E-state index >= 15 is 0 Å². The van der Waals surface area contributed by atoms with Crippen LogP contribution in [0.1, 0.15) is 45.4 Å². The van der Waals surface area contributed by atoms with Gasteiger partial charge in [-0.3, -0.25) is 9.80 Å². The first-order valence-electron chi connectivity index (χ1n) is 10.9. The van der Waals surface area contributed by atoms with Crippen LogP contribution >= 0.6 is 0 Å². The lowest BCUT2D eigenvalue weighted by Gasteiger charge is -2.43. The molecule has 29 heavy (non-hydrogen) atoms. The van der Waals surface area contributed by atoms with Gasteiger partial charge >= 0.3 is 0 Å². The van der Waals surface area contributed by atoms with Crippen molar-refractivity contribution < 1.29 is 17.5 Å². The molecule has 0 bridgehead atoms. The largest absolute Gasteiger partial charge is 0.490 e. The Labute approximate surface area is 174 Å². The third-order valence-corrected chi connectivity index (χ3v) is 8.30. The molecule has 162 valence electrons. The maximum absolute atomic E-state index is 14.2. The molecule has 2 saturated carbocycles. The SMILES string of the molecule is CC1(N2CCN([C@H]3CC[C@H](COc4ccc(S(C)(=O)=O)cc4F)CC3)CC2)CC1. The van der Waals surface area contributed by atoms with Crippen LogP contribution in [-0.2, 0) is 9.84 Å². The van der Waals surface area contributed by atoms with Crippen molar-refractivity contribution in [3.05, 3.63) is 24.0 Å². The number of nitrogens with zero attached hydrogens (tertiary/aromatic N) is 2. The Morgan fingerprint density at radius 3 is 2.31 bits per heavy atom. The second-order valence-electron chi connectivity index (χ2n) is 9.37. The van der Waals surface area contributed by atoms with E-state index in [0.717, 1.165) is 25.2 Å². The molecule has 1 aromatic rings. The summed E-state index contributed by atoms with van der Waals surface area (Å²) >= 11 is 0. The van der Waals surface area contributed by atoms with Crippen LogP contribution in [0.5, 0.6) is 5.75 Å². The van der Waals surface area contributed by atoms with Crippen molar-refractivity contribution in [2.75, 3.05) is 39.0 Å². The summed E-state index contributed by atoms with van der Waals surface area (Å²) in [7, 11) is -3.41. The smallest absolute Gasteiger partial charge is 0.175 e. The van der Waals surface area contributed by atoms with Crippen molar-refractivity contribution in [2.45, 2.75) is 61.9 Å². The number of hydrogen-bond donors (Lipinski definition) is 0. The molecule has 0 amide bonds. The third kappa shape index (κ3) is 4.94. The second kappa shape index (κ2) is 8.16. The van der Waals surface area contributed by atoms with Crippen LogP contribution in [0.2, 0.25) is 0 Å². The average molecular weight is 425 g/mol. The first kappa shape index (κ1) is 21.1. The van der Waals surface area contributed by atoms with Crippen molar-refractivity contribution in [1.29, 1.82) is 0 Å². The van der Waals surface area contributed by atoms with Gasteiger partial charge in [-0.2, -0.15) is 0 Å². The quantitative estimate of drug-likeness (QED) is 0.701. The first-order chi connectivity index (χ1) is 13.7. The van der Waals surface area contributed by atoms with E-state index < -0.39 is 15.7 Å². The minimum Gasteiger partial charge on any atom is -0.490 e. The van der Waals surface area contributed by atoms with Crippen molar-refractivity contribution in [3.8, 4) is 5.75 Å². The molecule has 0 unspecified atom stereocenters. The summed E-state index contributed by atoms with van der Waals surface area (Å²) in [5, 5.41) is 0. The molecular weight excluding hydrogens is 391 g/mol. The minimum absolute atomic E-state index is 0.0152. The highest BCUT2D eigenvalue weighted by molar-refractivity contribution is 7.90. The zero-order valence-corrected chi connectivity index (χ0v) is 18.4. The van der Waals surface area contributed by atoms with E-state index in [0.29, 0.717) is 24.1 Å². The fraction of sp³-hybridized carbons (Fsp3) is 0.727. The summed E-state index contributed by atoms with van der Waals surface area (Å²) in [6, 6.07) is 4.55. The van der Waals surface area contributed by atoms with Crippen LogP contribution in [0.3, 0.4) is 0 Å². The number of halogens is 1. The number of benzene rings is 1. The van der Waals surface area contributed by atoms with Crippen LogP contribution in [-0.4, -0.2) is 68.8 Å². The Kier molecular flexibility index (Phi) is 5.93. The van der Waals surface area contributed by atoms with Gasteiger partial charge in [0.05, 0.1) is 11.5 Å². The summed E-state index contributed by atoms with van der Waals surface area (Å²) < 4.78 is 42.9. The fourth-order valence-electron chi connectivity index (χ4n) is 4.84. The summed E-state index contributed by atoms with van der Waals surface area (Å²) in [5.41, 5.74) is 0.496. The van der Waals surface area contributed by atoms with Crippen LogP contribution in [0.15, 0.2) is 23.1 Å². The lowest BCUT2D eigenvalue weighted by molar-refractivity contribution is 0.0437. The first-order valence-corrected chi connectivity index (χ1v) is 12.8. The fourth-order valence-corrected chi connectivity index (χ4v) is 5.47. The topological polar surface area (TPSA) is 49.9 Å². The molecule has 3 aliphatic rings. The second-order valence-corrected chi connectivity index (χ2v) is 11.4. The van der Waals surface area contributed by atoms with E-state index in [1.54, 1.807) is 0 Å². The molecule has 0 N–H and O–H groups in total. The summed E-state index contributed by atoms with van der Waals surface area (Å²) in [6.45, 7) is 7.64. The number of rotatable bonds is 6. The highest BCUT2D eigenvalue weighted by atomic mass is 32.2. The van der Waals surface area contributed by atoms with E-state index in [-0.39, 0.29) is 10.6 Å². The molecule has 0 aromatic heterocycles. The van der Waals surface area contributed by atoms with Crippen LogP contribution in [0.25, 0.3) is 0 Å². The number of sulfone groups is 1. The molecule has 0 radical (unpaired) electrons. The predicted octanol–water partition coefficient (Wildman–Crippen LogP) is 3.34. The highest BCUT2D eigenvalue weighted by Crippen LogP contribution is 2.41. The van der Waals surface area contributed by atoms with E-state index in [1.165, 1.54) is 64.0 Å². The Hall–Kier alpha value is -1.18. The maximum atomic E-state index is 14.2.